The minimum absolute atomic E-state index is 0.136. The number of likely N-dealkylation sites (N-methyl/N-ethyl adjacent to an activating group) is 1. The molecule has 20 heavy (non-hydrogen) atoms. The van der Waals surface area contributed by atoms with Gasteiger partial charge in [0.2, 0.25) is 0 Å². The van der Waals surface area contributed by atoms with E-state index in [0.717, 1.165) is 25.2 Å². The summed E-state index contributed by atoms with van der Waals surface area (Å²) in [7, 11) is 4.30. The third-order valence-corrected chi connectivity index (χ3v) is 4.46. The van der Waals surface area contributed by atoms with Gasteiger partial charge in [-0.2, -0.15) is 0 Å². The van der Waals surface area contributed by atoms with Crippen LogP contribution >= 0.6 is 0 Å². The van der Waals surface area contributed by atoms with Gasteiger partial charge in [0.05, 0.1) is 6.10 Å². The minimum Gasteiger partial charge on any atom is -0.388 e. The lowest BCUT2D eigenvalue weighted by atomic mass is 9.82. The zero-order valence-electron chi connectivity index (χ0n) is 13.2. The highest BCUT2D eigenvalue weighted by Gasteiger charge is 2.34. The van der Waals surface area contributed by atoms with E-state index >= 15 is 0 Å². The lowest BCUT2D eigenvalue weighted by Gasteiger charge is -2.35. The predicted octanol–water partition coefficient (Wildman–Crippen LogP) is 2.38. The normalized spacial score (nSPS) is 22.4. The third-order valence-electron chi connectivity index (χ3n) is 4.46. The van der Waals surface area contributed by atoms with E-state index in [4.69, 9.17) is 0 Å². The van der Waals surface area contributed by atoms with Gasteiger partial charge in [-0.1, -0.05) is 44.2 Å². The Morgan fingerprint density at radius 1 is 1.30 bits per heavy atom. The Hall–Kier alpha value is -0.900. The summed E-state index contributed by atoms with van der Waals surface area (Å²) in [5.74, 6) is 0. The average Bonchev–Trinajstić information content (AvgIpc) is 2.87. The Morgan fingerprint density at radius 2 is 1.95 bits per heavy atom. The van der Waals surface area contributed by atoms with Gasteiger partial charge in [0.1, 0.15) is 0 Å². The van der Waals surface area contributed by atoms with Gasteiger partial charge < -0.3 is 14.9 Å². The Balaban J connectivity index is 1.97. The topological polar surface area (TPSA) is 26.7 Å². The number of benzene rings is 1. The molecule has 0 saturated carbocycles. The largest absolute Gasteiger partial charge is 0.388 e. The first kappa shape index (κ1) is 15.5. The molecule has 2 rings (SSSR count). The highest BCUT2D eigenvalue weighted by atomic mass is 16.3. The van der Waals surface area contributed by atoms with Crippen LogP contribution in [0.5, 0.6) is 0 Å². The summed E-state index contributed by atoms with van der Waals surface area (Å²) in [5.41, 5.74) is 0.878. The number of nitrogens with zero attached hydrogens (tertiary/aromatic N) is 2. The molecule has 112 valence electrons. The Morgan fingerprint density at radius 3 is 2.50 bits per heavy atom. The lowest BCUT2D eigenvalue weighted by Crippen LogP contribution is -2.39. The molecule has 1 heterocycles. The highest BCUT2D eigenvalue weighted by Crippen LogP contribution is 2.34. The van der Waals surface area contributed by atoms with Crippen molar-refractivity contribution in [3.63, 3.8) is 0 Å². The average molecular weight is 276 g/mol. The number of aliphatic hydroxyl groups excluding tert-OH is 1. The molecule has 1 aromatic rings. The molecule has 0 bridgehead atoms. The lowest BCUT2D eigenvalue weighted by molar-refractivity contribution is 0.0243. The SMILES string of the molecule is CN(C)C1CCN(CC(C)(C)C(O)c2ccccc2)C1. The Bertz CT molecular complexity index is 416. The zero-order valence-corrected chi connectivity index (χ0v) is 13.2. The molecule has 2 unspecified atom stereocenters. The standard InChI is InChI=1S/C17H28N2O/c1-17(2,16(20)14-8-6-5-7-9-14)13-19-11-10-15(12-19)18(3)4/h5-9,15-16,20H,10-13H2,1-4H3. The molecule has 2 atom stereocenters. The molecule has 0 amide bonds. The van der Waals surface area contributed by atoms with Crippen LogP contribution in [-0.2, 0) is 0 Å². The van der Waals surface area contributed by atoms with Crippen molar-refractivity contribution in [3.8, 4) is 0 Å². The van der Waals surface area contributed by atoms with Crippen LogP contribution in [-0.4, -0.2) is 54.7 Å². The van der Waals surface area contributed by atoms with E-state index in [9.17, 15) is 5.11 Å². The van der Waals surface area contributed by atoms with E-state index in [1.165, 1.54) is 6.42 Å². The van der Waals surface area contributed by atoms with Crippen LogP contribution in [0.3, 0.4) is 0 Å². The fraction of sp³-hybridized carbons (Fsp3) is 0.647. The molecular weight excluding hydrogens is 248 g/mol. The summed E-state index contributed by atoms with van der Waals surface area (Å²) in [6.45, 7) is 7.50. The predicted molar refractivity (Wildman–Crippen MR) is 83.7 cm³/mol. The van der Waals surface area contributed by atoms with Crippen molar-refractivity contribution in [2.75, 3.05) is 33.7 Å². The summed E-state index contributed by atoms with van der Waals surface area (Å²) in [5, 5.41) is 10.6. The maximum absolute atomic E-state index is 10.6. The molecule has 1 saturated heterocycles. The molecule has 0 aromatic heterocycles. The summed E-state index contributed by atoms with van der Waals surface area (Å²) in [4.78, 5) is 4.79. The number of aliphatic hydroxyl groups is 1. The van der Waals surface area contributed by atoms with Crippen LogP contribution in [0.1, 0.15) is 31.9 Å². The van der Waals surface area contributed by atoms with Gasteiger partial charge in [-0.25, -0.2) is 0 Å². The van der Waals surface area contributed by atoms with E-state index < -0.39 is 6.10 Å². The van der Waals surface area contributed by atoms with Crippen molar-refractivity contribution < 1.29 is 5.11 Å². The first-order valence-electron chi connectivity index (χ1n) is 7.52. The fourth-order valence-corrected chi connectivity index (χ4v) is 3.13. The summed E-state index contributed by atoms with van der Waals surface area (Å²) in [6, 6.07) is 10.7. The van der Waals surface area contributed by atoms with E-state index in [1.54, 1.807) is 0 Å². The number of likely N-dealkylation sites (tertiary alicyclic amines) is 1. The van der Waals surface area contributed by atoms with Crippen molar-refractivity contribution in [2.45, 2.75) is 32.4 Å². The number of hydrogen-bond acceptors (Lipinski definition) is 3. The first-order valence-corrected chi connectivity index (χ1v) is 7.52. The minimum atomic E-state index is -0.415. The maximum atomic E-state index is 10.6. The van der Waals surface area contributed by atoms with Gasteiger partial charge in [0.15, 0.2) is 0 Å². The van der Waals surface area contributed by atoms with Crippen LogP contribution in [0.15, 0.2) is 30.3 Å². The molecule has 0 aliphatic carbocycles. The van der Waals surface area contributed by atoms with Crippen molar-refractivity contribution in [2.24, 2.45) is 5.41 Å². The molecule has 3 heteroatoms. The van der Waals surface area contributed by atoms with Gasteiger partial charge in [0, 0.05) is 24.5 Å². The Labute approximate surface area is 123 Å². The molecule has 1 fully saturated rings. The zero-order chi connectivity index (χ0) is 14.8. The van der Waals surface area contributed by atoms with Gasteiger partial charge in [0.25, 0.3) is 0 Å². The smallest absolute Gasteiger partial charge is 0.0853 e. The number of hydrogen-bond donors (Lipinski definition) is 1. The Kier molecular flexibility index (Phi) is 4.84. The van der Waals surface area contributed by atoms with Crippen LogP contribution in [0.2, 0.25) is 0 Å². The van der Waals surface area contributed by atoms with Crippen LogP contribution in [0, 0.1) is 5.41 Å². The van der Waals surface area contributed by atoms with Gasteiger partial charge >= 0.3 is 0 Å². The summed E-state index contributed by atoms with van der Waals surface area (Å²) in [6.07, 6.45) is 0.812. The second-order valence-electron chi connectivity index (χ2n) is 6.94. The van der Waals surface area contributed by atoms with E-state index in [-0.39, 0.29) is 5.41 Å². The summed E-state index contributed by atoms with van der Waals surface area (Å²) >= 11 is 0. The molecule has 0 spiro atoms. The fourth-order valence-electron chi connectivity index (χ4n) is 3.13. The highest BCUT2D eigenvalue weighted by molar-refractivity contribution is 5.19. The van der Waals surface area contributed by atoms with E-state index in [2.05, 4.69) is 37.7 Å². The number of rotatable bonds is 5. The van der Waals surface area contributed by atoms with Gasteiger partial charge in [-0.15, -0.1) is 0 Å². The van der Waals surface area contributed by atoms with E-state index in [1.807, 2.05) is 30.3 Å². The molecule has 1 aliphatic heterocycles. The van der Waals surface area contributed by atoms with Crippen molar-refractivity contribution in [3.05, 3.63) is 35.9 Å². The maximum Gasteiger partial charge on any atom is 0.0853 e. The van der Waals surface area contributed by atoms with Crippen molar-refractivity contribution >= 4 is 0 Å². The van der Waals surface area contributed by atoms with Crippen LogP contribution in [0.4, 0.5) is 0 Å². The second kappa shape index (κ2) is 6.25. The van der Waals surface area contributed by atoms with Crippen molar-refractivity contribution in [1.29, 1.82) is 0 Å². The molecule has 1 N–H and O–H groups in total. The van der Waals surface area contributed by atoms with Crippen LogP contribution in [0.25, 0.3) is 0 Å². The quantitative estimate of drug-likeness (QED) is 0.894. The van der Waals surface area contributed by atoms with Crippen molar-refractivity contribution in [1.82, 2.24) is 9.80 Å². The van der Waals surface area contributed by atoms with Gasteiger partial charge in [-0.3, -0.25) is 0 Å². The molecule has 1 aromatic carbocycles. The third kappa shape index (κ3) is 3.60. The van der Waals surface area contributed by atoms with Crippen LogP contribution < -0.4 is 0 Å². The molecular formula is C17H28N2O. The van der Waals surface area contributed by atoms with Gasteiger partial charge in [-0.05, 0) is 32.6 Å². The molecule has 3 nitrogen and oxygen atoms in total. The molecule has 1 aliphatic rings. The second-order valence-corrected chi connectivity index (χ2v) is 6.94. The van der Waals surface area contributed by atoms with E-state index in [0.29, 0.717) is 6.04 Å². The first-order chi connectivity index (χ1) is 9.40. The monoisotopic (exact) mass is 276 g/mol. The summed E-state index contributed by atoms with van der Waals surface area (Å²) < 4.78 is 0. The molecule has 0 radical (unpaired) electrons.